The molecule has 14 heavy (non-hydrogen) atoms. The second-order valence-electron chi connectivity index (χ2n) is 2.44. The molecule has 8 heteroatoms. The van der Waals surface area contributed by atoms with Gasteiger partial charge in [-0.2, -0.15) is 4.79 Å². The Morgan fingerprint density at radius 1 is 1.36 bits per heavy atom. The molecule has 1 atom stereocenters. The van der Waals surface area contributed by atoms with Crippen molar-refractivity contribution in [2.45, 2.75) is 5.25 Å². The Labute approximate surface area is 83.2 Å². The summed E-state index contributed by atoms with van der Waals surface area (Å²) in [7, 11) is 0.610. The monoisotopic (exact) mass is 234 g/mol. The SMILES string of the molecule is [N-]=[N+]=C1C=CC(=O)C(=O)C1S(=O)(=O)Cl. The Bertz CT molecular complexity index is 486. The normalized spacial score (nSPS) is 22.4. The molecule has 0 saturated heterocycles. The van der Waals surface area contributed by atoms with Crippen molar-refractivity contribution in [2.24, 2.45) is 0 Å². The molecule has 0 spiro atoms. The summed E-state index contributed by atoms with van der Waals surface area (Å²) in [5, 5.41) is -1.91. The van der Waals surface area contributed by atoms with E-state index >= 15 is 0 Å². The first-order valence-electron chi connectivity index (χ1n) is 3.29. The maximum Gasteiger partial charge on any atom is 0.319 e. The lowest BCUT2D eigenvalue weighted by Gasteiger charge is -2.07. The number of hydrogen-bond acceptors (Lipinski definition) is 4. The van der Waals surface area contributed by atoms with E-state index < -0.39 is 31.6 Å². The highest BCUT2D eigenvalue weighted by Gasteiger charge is 2.45. The number of nitrogens with zero attached hydrogens (tertiary/aromatic N) is 2. The third-order valence-electron chi connectivity index (χ3n) is 1.55. The summed E-state index contributed by atoms with van der Waals surface area (Å²) in [6.45, 7) is 0. The smallest absolute Gasteiger partial charge is 0.319 e. The van der Waals surface area contributed by atoms with Gasteiger partial charge in [-0.3, -0.25) is 9.59 Å². The van der Waals surface area contributed by atoms with E-state index in [1.54, 1.807) is 0 Å². The van der Waals surface area contributed by atoms with Crippen molar-refractivity contribution < 1.29 is 22.8 Å². The fraction of sp³-hybridized carbons (Fsp3) is 0.167. The van der Waals surface area contributed by atoms with Crippen LogP contribution in [0.15, 0.2) is 12.2 Å². The van der Waals surface area contributed by atoms with Crippen LogP contribution in [-0.2, 0) is 18.6 Å². The van der Waals surface area contributed by atoms with E-state index in [4.69, 9.17) is 16.2 Å². The van der Waals surface area contributed by atoms with Crippen molar-refractivity contribution >= 4 is 37.0 Å². The average Bonchev–Trinajstić information content (AvgIpc) is 2.07. The minimum atomic E-state index is -4.31. The molecule has 0 aliphatic heterocycles. The predicted molar refractivity (Wildman–Crippen MR) is 46.3 cm³/mol. The van der Waals surface area contributed by atoms with E-state index in [9.17, 15) is 18.0 Å². The standard InChI is InChI=1S/C6H3ClN2O4S/c7-14(12,13)6-3(9-8)1-2-4(10)5(6)11/h1-2,6H. The Hall–Kier alpha value is -1.30. The number of halogens is 1. The molecule has 0 amide bonds. The number of hydrogen-bond donors (Lipinski definition) is 0. The van der Waals surface area contributed by atoms with Gasteiger partial charge in [-0.05, 0) is 6.08 Å². The molecule has 0 bridgehead atoms. The molecule has 0 saturated carbocycles. The van der Waals surface area contributed by atoms with E-state index in [2.05, 4.69) is 4.79 Å². The van der Waals surface area contributed by atoms with Gasteiger partial charge in [0.25, 0.3) is 9.05 Å². The lowest BCUT2D eigenvalue weighted by atomic mass is 10.0. The number of ketones is 2. The summed E-state index contributed by atoms with van der Waals surface area (Å²) in [6, 6.07) is 0. The number of carbonyl (C=O) groups is 2. The largest absolute Gasteiger partial charge is 0.361 e. The van der Waals surface area contributed by atoms with Gasteiger partial charge in [0, 0.05) is 16.8 Å². The van der Waals surface area contributed by atoms with E-state index in [-0.39, 0.29) is 0 Å². The van der Waals surface area contributed by atoms with E-state index in [1.807, 2.05) is 0 Å². The summed E-state index contributed by atoms with van der Waals surface area (Å²) in [4.78, 5) is 24.5. The van der Waals surface area contributed by atoms with Crippen LogP contribution in [0, 0.1) is 0 Å². The van der Waals surface area contributed by atoms with Crippen molar-refractivity contribution in [3.05, 3.63) is 17.7 Å². The molecule has 74 valence electrons. The molecule has 0 fully saturated rings. The summed E-state index contributed by atoms with van der Waals surface area (Å²) in [5.41, 5.74) is 7.91. The van der Waals surface area contributed by atoms with Gasteiger partial charge in [0.2, 0.25) is 16.8 Å². The van der Waals surface area contributed by atoms with Crippen molar-refractivity contribution in [1.82, 2.24) is 0 Å². The molecule has 0 N–H and O–H groups in total. The first-order valence-corrected chi connectivity index (χ1v) is 5.67. The molecule has 0 radical (unpaired) electrons. The lowest BCUT2D eigenvalue weighted by Crippen LogP contribution is -2.41. The van der Waals surface area contributed by atoms with Gasteiger partial charge in [-0.1, -0.05) is 0 Å². The fourth-order valence-electron chi connectivity index (χ4n) is 0.952. The molecule has 1 rings (SSSR count). The molecule has 1 aliphatic rings. The Balaban J connectivity index is 3.41. The average molecular weight is 235 g/mol. The molecular weight excluding hydrogens is 232 g/mol. The Morgan fingerprint density at radius 3 is 2.36 bits per heavy atom. The van der Waals surface area contributed by atoms with Crippen molar-refractivity contribution in [1.29, 1.82) is 0 Å². The maximum atomic E-state index is 11.1. The van der Waals surface area contributed by atoms with Crippen molar-refractivity contribution in [3.63, 3.8) is 0 Å². The zero-order valence-electron chi connectivity index (χ0n) is 6.55. The van der Waals surface area contributed by atoms with Crippen LogP contribution in [0.2, 0.25) is 0 Å². The first-order chi connectivity index (χ1) is 6.38. The van der Waals surface area contributed by atoms with Crippen LogP contribution in [0.1, 0.15) is 0 Å². The van der Waals surface area contributed by atoms with Gasteiger partial charge >= 0.3 is 5.71 Å². The molecule has 1 unspecified atom stereocenters. The van der Waals surface area contributed by atoms with Crippen LogP contribution >= 0.6 is 10.7 Å². The summed E-state index contributed by atoms with van der Waals surface area (Å²) < 4.78 is 21.8. The zero-order chi connectivity index (χ0) is 10.9. The highest BCUT2D eigenvalue weighted by molar-refractivity contribution is 8.15. The minimum Gasteiger partial charge on any atom is -0.361 e. The van der Waals surface area contributed by atoms with Crippen LogP contribution in [0.3, 0.4) is 0 Å². The first kappa shape index (κ1) is 10.8. The van der Waals surface area contributed by atoms with Gasteiger partial charge in [0.1, 0.15) is 0 Å². The van der Waals surface area contributed by atoms with Crippen LogP contribution < -0.4 is 0 Å². The van der Waals surface area contributed by atoms with Crippen LogP contribution in [0.4, 0.5) is 0 Å². The molecular formula is C6H3ClN2O4S. The van der Waals surface area contributed by atoms with Crippen LogP contribution in [0.25, 0.3) is 5.53 Å². The van der Waals surface area contributed by atoms with Gasteiger partial charge in [0.05, 0.1) is 0 Å². The molecule has 0 aromatic heterocycles. The molecule has 6 nitrogen and oxygen atoms in total. The van der Waals surface area contributed by atoms with Crippen molar-refractivity contribution in [3.8, 4) is 0 Å². The van der Waals surface area contributed by atoms with Gasteiger partial charge in [-0.25, -0.2) is 8.42 Å². The van der Waals surface area contributed by atoms with Crippen molar-refractivity contribution in [2.75, 3.05) is 0 Å². The Morgan fingerprint density at radius 2 is 1.93 bits per heavy atom. The summed E-state index contributed by atoms with van der Waals surface area (Å²) >= 11 is 0. The van der Waals surface area contributed by atoms with Gasteiger partial charge in [-0.15, -0.1) is 0 Å². The van der Waals surface area contributed by atoms with Gasteiger partial charge in [0.15, 0.2) is 0 Å². The summed E-state index contributed by atoms with van der Waals surface area (Å²) in [5.74, 6) is -2.22. The second-order valence-corrected chi connectivity index (χ2v) is 5.16. The molecule has 0 aromatic carbocycles. The number of Topliss-reactive ketones (excluding diaryl/α,β-unsaturated/α-hetero) is 1. The zero-order valence-corrected chi connectivity index (χ0v) is 8.12. The van der Waals surface area contributed by atoms with Crippen LogP contribution in [-0.4, -0.2) is 35.7 Å². The fourth-order valence-corrected chi connectivity index (χ4v) is 2.25. The molecule has 0 aromatic rings. The number of rotatable bonds is 1. The van der Waals surface area contributed by atoms with Crippen LogP contribution in [0.5, 0.6) is 0 Å². The second kappa shape index (κ2) is 3.45. The third kappa shape index (κ3) is 1.79. The minimum absolute atomic E-state index is 0.468. The third-order valence-corrected chi connectivity index (χ3v) is 3.11. The molecule has 0 heterocycles. The summed E-state index contributed by atoms with van der Waals surface area (Å²) in [6.07, 6.45) is 1.74. The van der Waals surface area contributed by atoms with E-state index in [1.165, 1.54) is 0 Å². The Kier molecular flexibility index (Phi) is 2.66. The van der Waals surface area contributed by atoms with Gasteiger partial charge < -0.3 is 5.53 Å². The highest BCUT2D eigenvalue weighted by Crippen LogP contribution is 2.14. The topological polar surface area (TPSA) is 105 Å². The number of carbonyl (C=O) groups excluding carboxylic acids is 2. The predicted octanol–water partition coefficient (Wildman–Crippen LogP) is -0.698. The maximum absolute atomic E-state index is 11.1. The highest BCUT2D eigenvalue weighted by atomic mass is 35.7. The van der Waals surface area contributed by atoms with E-state index in [0.29, 0.717) is 0 Å². The quantitative estimate of drug-likeness (QED) is 0.259. The lowest BCUT2D eigenvalue weighted by molar-refractivity contribution is -0.133. The van der Waals surface area contributed by atoms with E-state index in [0.717, 1.165) is 12.2 Å². The number of allylic oxidation sites excluding steroid dienone is 2. The molecule has 1 aliphatic carbocycles.